The monoisotopic (exact) mass is 299 g/mol. The Morgan fingerprint density at radius 1 is 0.750 bits per heavy atom. The van der Waals surface area contributed by atoms with Crippen LogP contribution in [0.25, 0.3) is 0 Å². The molecule has 4 heteroatoms. The van der Waals surface area contributed by atoms with Crippen molar-refractivity contribution in [2.24, 2.45) is 0 Å². The number of hydrogen-bond acceptors (Lipinski definition) is 0. The summed E-state index contributed by atoms with van der Waals surface area (Å²) in [6.07, 6.45) is 0. The summed E-state index contributed by atoms with van der Waals surface area (Å²) >= 11 is 0. The van der Waals surface area contributed by atoms with Crippen LogP contribution in [0.3, 0.4) is 0 Å². The van der Waals surface area contributed by atoms with Crippen molar-refractivity contribution >= 4 is 0 Å². The quantitative estimate of drug-likeness (QED) is 0.391. The molecule has 0 aromatic carbocycles. The first-order valence-electron chi connectivity index (χ1n) is 0. The molecule has 0 aliphatic rings. The molecule has 0 aliphatic heterocycles. The fourth-order valence-electron chi connectivity index (χ4n) is 0. The smallest absolute Gasteiger partial charge is 1.00 e. The summed E-state index contributed by atoms with van der Waals surface area (Å²) in [5.74, 6) is 0. The molecule has 0 fully saturated rings. The Kier molecular flexibility index (Phi) is 146. The molecular weight excluding hydrogens is 301 g/mol. The van der Waals surface area contributed by atoms with Crippen LogP contribution in [-0.4, -0.2) is 0 Å². The van der Waals surface area contributed by atoms with E-state index in [9.17, 15) is 0 Å². The normalized spacial score (nSPS) is 0. The van der Waals surface area contributed by atoms with Gasteiger partial charge in [-0.3, -0.25) is 0 Å². The Bertz CT molecular complexity index is 6.00. The summed E-state index contributed by atoms with van der Waals surface area (Å²) in [6.45, 7) is 0. The summed E-state index contributed by atoms with van der Waals surface area (Å²) in [4.78, 5) is 0. The zero-order chi connectivity index (χ0) is 0. The number of rotatable bonds is 0. The molecule has 16 valence electrons. The van der Waals surface area contributed by atoms with E-state index in [1.807, 2.05) is 0 Å². The molecule has 0 amide bonds. The molecular formula is Br2NbTi+7. The zero-order valence-electron chi connectivity index (χ0n) is 1.70. The largest absolute Gasteiger partial charge is 5.00 e. The van der Waals surface area contributed by atoms with Crippen molar-refractivity contribution in [1.29, 1.82) is 0 Å². The van der Waals surface area contributed by atoms with Gasteiger partial charge in [-0.1, -0.05) is 0 Å². The van der Waals surface area contributed by atoms with Gasteiger partial charge in [0.05, 0.1) is 0 Å². The molecule has 0 aliphatic carbocycles. The van der Waals surface area contributed by atoms with Crippen LogP contribution >= 0.6 is 0 Å². The van der Waals surface area contributed by atoms with E-state index < -0.39 is 0 Å². The van der Waals surface area contributed by atoms with Crippen LogP contribution in [0.4, 0.5) is 0 Å². The minimum absolute atomic E-state index is 0. The predicted octanol–water partition coefficient (Wildman–Crippen LogP) is -6.00. The third-order valence-corrected chi connectivity index (χ3v) is 0. The Balaban J connectivity index is 0. The van der Waals surface area contributed by atoms with Crippen molar-refractivity contribution in [1.82, 2.24) is 0 Å². The van der Waals surface area contributed by atoms with Gasteiger partial charge in [-0.05, 0) is 0 Å². The van der Waals surface area contributed by atoms with E-state index in [0.717, 1.165) is 0 Å². The van der Waals surface area contributed by atoms with Gasteiger partial charge in [0.15, 0.2) is 0 Å². The second kappa shape index (κ2) is 18.1. The van der Waals surface area contributed by atoms with Gasteiger partial charge in [0.2, 0.25) is 0 Å². The SMILES string of the molecule is [Br-].[Br-].[Nb+5].[Ti+4]. The maximum atomic E-state index is 0. The van der Waals surface area contributed by atoms with Crippen LogP contribution < -0.4 is 34.0 Å². The maximum Gasteiger partial charge on any atom is 5.00 e. The third-order valence-electron chi connectivity index (χ3n) is 0. The second-order valence-corrected chi connectivity index (χ2v) is 0. The average molecular weight is 301 g/mol. The molecule has 4 heavy (non-hydrogen) atoms. The van der Waals surface area contributed by atoms with Gasteiger partial charge in [-0.15, -0.1) is 0 Å². The van der Waals surface area contributed by atoms with Crippen molar-refractivity contribution < 1.29 is 78.1 Å². The van der Waals surface area contributed by atoms with Crippen molar-refractivity contribution in [3.8, 4) is 0 Å². The Hall–Kier alpha value is 2.41. The first-order valence-corrected chi connectivity index (χ1v) is 0. The Morgan fingerprint density at radius 2 is 0.750 bits per heavy atom. The molecule has 0 N–H and O–H groups in total. The van der Waals surface area contributed by atoms with Crippen molar-refractivity contribution in [3.05, 3.63) is 0 Å². The summed E-state index contributed by atoms with van der Waals surface area (Å²) in [5.41, 5.74) is 0. The molecule has 0 radical (unpaired) electrons. The van der Waals surface area contributed by atoms with E-state index in [1.54, 1.807) is 0 Å². The zero-order valence-corrected chi connectivity index (χ0v) is 8.64. The van der Waals surface area contributed by atoms with Crippen LogP contribution in [0.15, 0.2) is 0 Å². The molecule has 0 aromatic rings. The molecule has 0 heterocycles. The van der Waals surface area contributed by atoms with Crippen LogP contribution in [0.1, 0.15) is 0 Å². The first-order chi connectivity index (χ1) is 0. The summed E-state index contributed by atoms with van der Waals surface area (Å²) in [5, 5.41) is 0. The fourth-order valence-corrected chi connectivity index (χ4v) is 0. The number of halogens is 2. The van der Waals surface area contributed by atoms with E-state index in [4.69, 9.17) is 0 Å². The Labute approximate surface area is 77.0 Å². The van der Waals surface area contributed by atoms with E-state index >= 15 is 0 Å². The van der Waals surface area contributed by atoms with E-state index in [0.29, 0.717) is 0 Å². The summed E-state index contributed by atoms with van der Waals surface area (Å²) < 4.78 is 0. The predicted molar refractivity (Wildman–Crippen MR) is 0 cm³/mol. The van der Waals surface area contributed by atoms with Gasteiger partial charge in [-0.25, -0.2) is 0 Å². The molecule has 0 saturated heterocycles. The average Bonchev–Trinajstić information content (AvgIpc) is 0. The van der Waals surface area contributed by atoms with E-state index in [1.165, 1.54) is 0 Å². The maximum absolute atomic E-state index is 0. The van der Waals surface area contributed by atoms with Crippen LogP contribution in [0, 0.1) is 0 Å². The molecule has 0 saturated carbocycles. The fraction of sp³-hybridized carbons (Fsp3) is 0. The van der Waals surface area contributed by atoms with Crippen LogP contribution in [0.2, 0.25) is 0 Å². The topological polar surface area (TPSA) is 0 Å². The Morgan fingerprint density at radius 3 is 0.750 bits per heavy atom. The van der Waals surface area contributed by atoms with Gasteiger partial charge in [0.25, 0.3) is 0 Å². The molecule has 0 rings (SSSR count). The molecule has 0 nitrogen and oxygen atoms in total. The number of hydrogen-bond donors (Lipinski definition) is 0. The molecule has 0 aromatic heterocycles. The van der Waals surface area contributed by atoms with Gasteiger partial charge in [0, 0.05) is 0 Å². The molecule has 0 unspecified atom stereocenters. The molecule has 0 atom stereocenters. The third kappa shape index (κ3) is 8.83. The minimum Gasteiger partial charge on any atom is -1.00 e. The minimum atomic E-state index is 0. The van der Waals surface area contributed by atoms with Crippen molar-refractivity contribution in [2.75, 3.05) is 0 Å². The van der Waals surface area contributed by atoms with Gasteiger partial charge >= 0.3 is 44.1 Å². The molecule has 0 spiro atoms. The van der Waals surface area contributed by atoms with E-state index in [-0.39, 0.29) is 78.1 Å². The standard InChI is InChI=1S/2BrH.Nb.Ti/h2*1H;;/q;;+5;+4/p-2. The van der Waals surface area contributed by atoms with E-state index in [2.05, 4.69) is 0 Å². The summed E-state index contributed by atoms with van der Waals surface area (Å²) in [6, 6.07) is 0. The molecule has 0 bridgehead atoms. The van der Waals surface area contributed by atoms with Crippen molar-refractivity contribution in [3.63, 3.8) is 0 Å². The van der Waals surface area contributed by atoms with Gasteiger partial charge in [-0.2, -0.15) is 0 Å². The summed E-state index contributed by atoms with van der Waals surface area (Å²) in [7, 11) is 0. The van der Waals surface area contributed by atoms with Crippen molar-refractivity contribution in [2.45, 2.75) is 0 Å². The first kappa shape index (κ1) is 32.3. The van der Waals surface area contributed by atoms with Crippen LogP contribution in [-0.2, 0) is 44.1 Å². The second-order valence-electron chi connectivity index (χ2n) is 0. The van der Waals surface area contributed by atoms with Gasteiger partial charge < -0.3 is 34.0 Å². The van der Waals surface area contributed by atoms with Gasteiger partial charge in [0.1, 0.15) is 0 Å². The van der Waals surface area contributed by atoms with Crippen LogP contribution in [0.5, 0.6) is 0 Å².